The molecule has 1 aromatic rings. The Morgan fingerprint density at radius 2 is 1.86 bits per heavy atom. The van der Waals surface area contributed by atoms with Crippen molar-refractivity contribution in [2.75, 3.05) is 0 Å². The van der Waals surface area contributed by atoms with Crippen molar-refractivity contribution < 1.29 is 13.2 Å². The van der Waals surface area contributed by atoms with E-state index < -0.39 is 18.3 Å². The summed E-state index contributed by atoms with van der Waals surface area (Å²) in [6, 6.07) is 2.40. The molecule has 0 aromatic heterocycles. The lowest BCUT2D eigenvalue weighted by Crippen LogP contribution is -2.20. The minimum Gasteiger partial charge on any atom is -0.319 e. The van der Waals surface area contributed by atoms with E-state index in [9.17, 15) is 13.2 Å². The van der Waals surface area contributed by atoms with Crippen molar-refractivity contribution in [3.63, 3.8) is 0 Å². The topological polar surface area (TPSA) is 26.0 Å². The van der Waals surface area contributed by atoms with Crippen LogP contribution in [0, 0.1) is 5.82 Å². The molecule has 0 saturated carbocycles. The molecule has 0 aliphatic carbocycles. The fourth-order valence-corrected chi connectivity index (χ4v) is 1.56. The van der Waals surface area contributed by atoms with Gasteiger partial charge in [-0.3, -0.25) is 0 Å². The molecule has 0 aliphatic heterocycles. The van der Waals surface area contributed by atoms with Gasteiger partial charge in [-0.2, -0.15) is 0 Å². The van der Waals surface area contributed by atoms with Crippen LogP contribution in [0.15, 0.2) is 22.7 Å². The monoisotopic (exact) mass is 289 g/mol. The Bertz CT molecular complexity index is 288. The van der Waals surface area contributed by atoms with Crippen LogP contribution < -0.4 is 5.73 Å². The van der Waals surface area contributed by atoms with E-state index in [1.54, 1.807) is 0 Å². The van der Waals surface area contributed by atoms with E-state index in [1.165, 1.54) is 12.1 Å². The largest absolute Gasteiger partial charge is 0.319 e. The van der Waals surface area contributed by atoms with E-state index in [2.05, 4.69) is 15.9 Å². The third kappa shape index (κ3) is 2.87. The summed E-state index contributed by atoms with van der Waals surface area (Å²) in [5.74, 6) is -0.720. The van der Waals surface area contributed by atoms with Crippen molar-refractivity contribution in [2.45, 2.75) is 12.5 Å². The first-order valence-electron chi connectivity index (χ1n) is 3.51. The number of halogens is 5. The predicted octanol–water partition coefficient (Wildman–Crippen LogP) is 3.27. The maximum absolute atomic E-state index is 13.0. The van der Waals surface area contributed by atoms with Crippen LogP contribution in [-0.2, 0) is 0 Å². The lowest BCUT2D eigenvalue weighted by atomic mass is 10.1. The first-order chi connectivity index (χ1) is 6.04. The number of nitrogens with two attached hydrogens (primary N) is 1. The molecular formula is C8H8BrClF3N. The Hall–Kier alpha value is -0.260. The lowest BCUT2D eigenvalue weighted by molar-refractivity contribution is 0.114. The van der Waals surface area contributed by atoms with Gasteiger partial charge in [0.05, 0.1) is 6.04 Å². The highest BCUT2D eigenvalue weighted by atomic mass is 79.9. The van der Waals surface area contributed by atoms with Crippen molar-refractivity contribution in [2.24, 2.45) is 5.73 Å². The molecule has 1 rings (SSSR count). The van der Waals surface area contributed by atoms with Crippen LogP contribution in [0.25, 0.3) is 0 Å². The molecule has 1 aromatic carbocycles. The number of benzene rings is 1. The van der Waals surface area contributed by atoms with Gasteiger partial charge < -0.3 is 5.73 Å². The van der Waals surface area contributed by atoms with Gasteiger partial charge in [0.25, 0.3) is 6.43 Å². The minimum absolute atomic E-state index is 0. The maximum atomic E-state index is 13.0. The quantitative estimate of drug-likeness (QED) is 0.889. The molecule has 0 radical (unpaired) electrons. The van der Waals surface area contributed by atoms with Crippen molar-refractivity contribution in [1.82, 2.24) is 0 Å². The van der Waals surface area contributed by atoms with Crippen LogP contribution in [-0.4, -0.2) is 6.43 Å². The van der Waals surface area contributed by atoms with Crippen LogP contribution in [0.1, 0.15) is 11.6 Å². The van der Waals surface area contributed by atoms with Crippen LogP contribution in [0.4, 0.5) is 13.2 Å². The molecule has 1 atom stereocenters. The number of hydrogen-bond acceptors (Lipinski definition) is 1. The number of hydrogen-bond donors (Lipinski definition) is 1. The van der Waals surface area contributed by atoms with E-state index in [0.717, 1.165) is 6.07 Å². The van der Waals surface area contributed by atoms with Gasteiger partial charge in [0.2, 0.25) is 0 Å². The molecule has 2 N–H and O–H groups in total. The Morgan fingerprint density at radius 3 is 2.29 bits per heavy atom. The Balaban J connectivity index is 0.00000169. The van der Waals surface area contributed by atoms with Crippen molar-refractivity contribution in [1.29, 1.82) is 0 Å². The molecule has 1 nitrogen and oxygen atoms in total. The van der Waals surface area contributed by atoms with E-state index in [4.69, 9.17) is 5.73 Å². The molecule has 0 spiro atoms. The Kier molecular flexibility index (Phi) is 5.48. The Morgan fingerprint density at radius 1 is 1.29 bits per heavy atom. The Labute approximate surface area is 94.0 Å². The van der Waals surface area contributed by atoms with Crippen LogP contribution in [0.5, 0.6) is 0 Å². The summed E-state index contributed by atoms with van der Waals surface area (Å²) in [6.45, 7) is 0. The van der Waals surface area contributed by atoms with Gasteiger partial charge >= 0.3 is 0 Å². The van der Waals surface area contributed by atoms with E-state index >= 15 is 0 Å². The summed E-state index contributed by atoms with van der Waals surface area (Å²) >= 11 is 2.96. The summed E-state index contributed by atoms with van der Waals surface area (Å²) in [5, 5.41) is 0. The molecule has 0 fully saturated rings. The van der Waals surface area contributed by atoms with Gasteiger partial charge in [-0.15, -0.1) is 12.4 Å². The third-order valence-corrected chi connectivity index (χ3v) is 2.30. The van der Waals surface area contributed by atoms with Crippen molar-refractivity contribution >= 4 is 28.3 Å². The predicted molar refractivity (Wildman–Crippen MR) is 54.3 cm³/mol. The fourth-order valence-electron chi connectivity index (χ4n) is 0.955. The van der Waals surface area contributed by atoms with E-state index in [1.807, 2.05) is 0 Å². The van der Waals surface area contributed by atoms with E-state index in [0.29, 0.717) is 0 Å². The number of rotatable bonds is 2. The zero-order valence-corrected chi connectivity index (χ0v) is 9.29. The molecule has 0 saturated heterocycles. The highest BCUT2D eigenvalue weighted by Crippen LogP contribution is 2.28. The second-order valence-electron chi connectivity index (χ2n) is 2.50. The fraction of sp³-hybridized carbons (Fsp3) is 0.250. The molecule has 80 valence electrons. The third-order valence-electron chi connectivity index (χ3n) is 1.60. The summed E-state index contributed by atoms with van der Waals surface area (Å²) in [5.41, 5.74) is 4.94. The summed E-state index contributed by atoms with van der Waals surface area (Å²) in [4.78, 5) is 0. The summed E-state index contributed by atoms with van der Waals surface area (Å²) in [7, 11) is 0. The highest BCUT2D eigenvalue weighted by Gasteiger charge is 2.22. The van der Waals surface area contributed by atoms with Gasteiger partial charge in [0.15, 0.2) is 0 Å². The average molecular weight is 291 g/mol. The molecule has 6 heteroatoms. The normalized spacial score (nSPS) is 12.4. The zero-order valence-electron chi connectivity index (χ0n) is 6.88. The smallest absolute Gasteiger partial charge is 0.257 e. The second-order valence-corrected chi connectivity index (χ2v) is 3.35. The van der Waals surface area contributed by atoms with Crippen LogP contribution in [0.2, 0.25) is 0 Å². The molecule has 0 amide bonds. The van der Waals surface area contributed by atoms with Crippen LogP contribution in [0.3, 0.4) is 0 Å². The van der Waals surface area contributed by atoms with Gasteiger partial charge in [-0.25, -0.2) is 13.2 Å². The molecule has 0 heterocycles. The van der Waals surface area contributed by atoms with Gasteiger partial charge in [-0.05, 0) is 12.1 Å². The second kappa shape index (κ2) is 5.58. The molecule has 0 bridgehead atoms. The molecular weight excluding hydrogens is 282 g/mol. The van der Waals surface area contributed by atoms with Gasteiger partial charge in [0, 0.05) is 10.0 Å². The van der Waals surface area contributed by atoms with Crippen molar-refractivity contribution in [3.8, 4) is 0 Å². The van der Waals surface area contributed by atoms with E-state index in [-0.39, 0.29) is 22.4 Å². The van der Waals surface area contributed by atoms with Crippen LogP contribution >= 0.6 is 28.3 Å². The summed E-state index contributed by atoms with van der Waals surface area (Å²) in [6.07, 6.45) is -2.77. The molecule has 0 unspecified atom stereocenters. The standard InChI is InChI=1S/C8H7BrF3N.ClH/c9-4-2-1-3-5(10)6(4)7(13)8(11)12;/h1-3,7-8H,13H2;1H/t7-;/m0./s1. The first kappa shape index (κ1) is 13.7. The zero-order chi connectivity index (χ0) is 10.0. The number of alkyl halides is 2. The highest BCUT2D eigenvalue weighted by molar-refractivity contribution is 9.10. The van der Waals surface area contributed by atoms with Gasteiger partial charge in [-0.1, -0.05) is 22.0 Å². The van der Waals surface area contributed by atoms with Gasteiger partial charge in [0.1, 0.15) is 5.82 Å². The summed E-state index contributed by atoms with van der Waals surface area (Å²) < 4.78 is 37.6. The minimum atomic E-state index is -2.77. The SMILES string of the molecule is Cl.N[C@@H](c1c(F)cccc1Br)C(F)F. The maximum Gasteiger partial charge on any atom is 0.257 e. The van der Waals surface area contributed by atoms with Crippen molar-refractivity contribution in [3.05, 3.63) is 34.1 Å². The average Bonchev–Trinajstić information content (AvgIpc) is 2.03. The molecule has 0 aliphatic rings. The first-order valence-corrected chi connectivity index (χ1v) is 4.31. The molecule has 14 heavy (non-hydrogen) atoms. The lowest BCUT2D eigenvalue weighted by Gasteiger charge is -2.13.